The number of hydrogen-bond donors (Lipinski definition) is 2. The molecule has 1 aromatic rings. The Morgan fingerprint density at radius 1 is 1.17 bits per heavy atom. The van der Waals surface area contributed by atoms with Gasteiger partial charge in [0, 0.05) is 24.3 Å². The molecule has 0 saturated carbocycles. The molecule has 8 heteroatoms. The maximum absolute atomic E-state index is 12.8. The van der Waals surface area contributed by atoms with Gasteiger partial charge in [0.1, 0.15) is 18.7 Å². The Labute approximate surface area is 177 Å². The number of anilines is 1. The smallest absolute Gasteiger partial charge is 0.251 e. The minimum Gasteiger partial charge on any atom is -0.378 e. The van der Waals surface area contributed by atoms with Gasteiger partial charge in [-0.2, -0.15) is 0 Å². The van der Waals surface area contributed by atoms with Crippen LogP contribution in [0.3, 0.4) is 0 Å². The van der Waals surface area contributed by atoms with Crippen LogP contribution in [-0.4, -0.2) is 68.7 Å². The zero-order chi connectivity index (χ0) is 21.7. The van der Waals surface area contributed by atoms with E-state index in [0.717, 1.165) is 18.8 Å². The van der Waals surface area contributed by atoms with E-state index in [0.29, 0.717) is 25.2 Å². The molecule has 0 radical (unpaired) electrons. The van der Waals surface area contributed by atoms with E-state index >= 15 is 0 Å². The van der Waals surface area contributed by atoms with E-state index in [1.54, 1.807) is 19.1 Å². The van der Waals surface area contributed by atoms with Crippen LogP contribution in [0.2, 0.25) is 0 Å². The molecule has 2 aliphatic rings. The number of benzene rings is 1. The highest BCUT2D eigenvalue weighted by atomic mass is 16.5. The standard InChI is InChI=1S/C22H31N3O5/c1-14(2)12-18(22(28)24-20-15(3)30-13-19(20)26)23-21(27)16-4-6-17(7-5-16)25-8-10-29-11-9-25/h4-7,14-15,18,20H,8-13H2,1-3H3,(H,23,27)(H,24,28)/t15-,18?,20+/m1/s1. The first-order chi connectivity index (χ1) is 14.3. The summed E-state index contributed by atoms with van der Waals surface area (Å²) in [7, 11) is 0. The molecular weight excluding hydrogens is 386 g/mol. The third-order valence-electron chi connectivity index (χ3n) is 5.44. The summed E-state index contributed by atoms with van der Waals surface area (Å²) < 4.78 is 10.7. The zero-order valence-corrected chi connectivity index (χ0v) is 17.8. The van der Waals surface area contributed by atoms with Crippen LogP contribution in [0.5, 0.6) is 0 Å². The van der Waals surface area contributed by atoms with Gasteiger partial charge in [0.25, 0.3) is 5.91 Å². The molecule has 2 fully saturated rings. The summed E-state index contributed by atoms with van der Waals surface area (Å²) in [4.78, 5) is 39.7. The molecule has 0 aliphatic carbocycles. The van der Waals surface area contributed by atoms with Gasteiger partial charge in [-0.25, -0.2) is 0 Å². The van der Waals surface area contributed by atoms with E-state index in [4.69, 9.17) is 9.47 Å². The van der Waals surface area contributed by atoms with E-state index in [2.05, 4.69) is 15.5 Å². The average molecular weight is 418 g/mol. The molecule has 2 aliphatic heterocycles. The predicted octanol–water partition coefficient (Wildman–Crippen LogP) is 1.14. The lowest BCUT2D eigenvalue weighted by Crippen LogP contribution is -2.53. The van der Waals surface area contributed by atoms with Gasteiger partial charge < -0.3 is 25.0 Å². The van der Waals surface area contributed by atoms with Gasteiger partial charge in [0.2, 0.25) is 5.91 Å². The van der Waals surface area contributed by atoms with E-state index in [9.17, 15) is 14.4 Å². The fourth-order valence-electron chi connectivity index (χ4n) is 3.70. The number of morpholine rings is 1. The van der Waals surface area contributed by atoms with Crippen molar-refractivity contribution in [2.75, 3.05) is 37.8 Å². The van der Waals surface area contributed by atoms with Gasteiger partial charge >= 0.3 is 0 Å². The average Bonchev–Trinajstić information content (AvgIpc) is 3.05. The Morgan fingerprint density at radius 2 is 1.83 bits per heavy atom. The van der Waals surface area contributed by atoms with Gasteiger partial charge in [-0.3, -0.25) is 14.4 Å². The highest BCUT2D eigenvalue weighted by Crippen LogP contribution is 2.17. The third kappa shape index (κ3) is 5.58. The molecule has 0 spiro atoms. The van der Waals surface area contributed by atoms with Crippen LogP contribution in [0.4, 0.5) is 5.69 Å². The molecule has 2 heterocycles. The number of Topliss-reactive ketones (excluding diaryl/α,β-unsaturated/α-hetero) is 1. The fourth-order valence-corrected chi connectivity index (χ4v) is 3.70. The molecule has 0 aromatic heterocycles. The molecule has 3 rings (SSSR count). The maximum atomic E-state index is 12.8. The van der Waals surface area contributed by atoms with Crippen molar-refractivity contribution in [3.63, 3.8) is 0 Å². The number of nitrogens with one attached hydrogen (secondary N) is 2. The van der Waals surface area contributed by atoms with E-state index in [1.165, 1.54) is 0 Å². The van der Waals surface area contributed by atoms with Crippen LogP contribution in [0.15, 0.2) is 24.3 Å². The summed E-state index contributed by atoms with van der Waals surface area (Å²) in [6.45, 7) is 8.76. The highest BCUT2D eigenvalue weighted by molar-refractivity contribution is 5.99. The molecular formula is C22H31N3O5. The predicted molar refractivity (Wildman–Crippen MR) is 113 cm³/mol. The first-order valence-corrected chi connectivity index (χ1v) is 10.5. The third-order valence-corrected chi connectivity index (χ3v) is 5.44. The quantitative estimate of drug-likeness (QED) is 0.691. The largest absolute Gasteiger partial charge is 0.378 e. The summed E-state index contributed by atoms with van der Waals surface area (Å²) in [6, 6.07) is 5.96. The molecule has 3 atom stereocenters. The lowest BCUT2D eigenvalue weighted by Gasteiger charge is -2.29. The van der Waals surface area contributed by atoms with E-state index in [1.807, 2.05) is 26.0 Å². The summed E-state index contributed by atoms with van der Waals surface area (Å²) in [5, 5.41) is 5.58. The Hall–Kier alpha value is -2.45. The molecule has 164 valence electrons. The van der Waals surface area contributed by atoms with Gasteiger partial charge in [-0.05, 0) is 43.5 Å². The number of nitrogens with zero attached hydrogens (tertiary/aromatic N) is 1. The summed E-state index contributed by atoms with van der Waals surface area (Å²) in [5.74, 6) is -0.633. The molecule has 2 N–H and O–H groups in total. The van der Waals surface area contributed by atoms with Crippen LogP contribution in [0, 0.1) is 5.92 Å². The molecule has 2 amide bonds. The molecule has 1 aromatic carbocycles. The molecule has 0 bridgehead atoms. The van der Waals surface area contributed by atoms with Crippen molar-refractivity contribution >= 4 is 23.3 Å². The van der Waals surface area contributed by atoms with Crippen LogP contribution in [-0.2, 0) is 19.1 Å². The van der Waals surface area contributed by atoms with Crippen LogP contribution >= 0.6 is 0 Å². The van der Waals surface area contributed by atoms with Crippen molar-refractivity contribution in [1.29, 1.82) is 0 Å². The van der Waals surface area contributed by atoms with Crippen LogP contribution in [0.25, 0.3) is 0 Å². The fraction of sp³-hybridized carbons (Fsp3) is 0.591. The Kier molecular flexibility index (Phi) is 7.44. The zero-order valence-electron chi connectivity index (χ0n) is 17.8. The molecule has 8 nitrogen and oxygen atoms in total. The minimum atomic E-state index is -0.725. The molecule has 1 unspecified atom stereocenters. The topological polar surface area (TPSA) is 97.0 Å². The summed E-state index contributed by atoms with van der Waals surface area (Å²) >= 11 is 0. The number of amides is 2. The number of hydrogen-bond acceptors (Lipinski definition) is 6. The van der Waals surface area contributed by atoms with Crippen molar-refractivity contribution in [1.82, 2.24) is 10.6 Å². The van der Waals surface area contributed by atoms with Gasteiger partial charge in [0.05, 0.1) is 19.3 Å². The first kappa shape index (κ1) is 22.2. The van der Waals surface area contributed by atoms with Crippen LogP contribution < -0.4 is 15.5 Å². The summed E-state index contributed by atoms with van der Waals surface area (Å²) in [5.41, 5.74) is 1.53. The van der Waals surface area contributed by atoms with Gasteiger partial charge in [0.15, 0.2) is 5.78 Å². The van der Waals surface area contributed by atoms with Crippen molar-refractivity contribution < 1.29 is 23.9 Å². The lowest BCUT2D eigenvalue weighted by molar-refractivity contribution is -0.127. The van der Waals surface area contributed by atoms with Crippen molar-refractivity contribution in [3.8, 4) is 0 Å². The number of ether oxygens (including phenoxy) is 2. The Morgan fingerprint density at radius 3 is 2.40 bits per heavy atom. The number of carbonyl (C=O) groups excluding carboxylic acids is 3. The molecule has 2 saturated heterocycles. The lowest BCUT2D eigenvalue weighted by atomic mass is 10.0. The Bertz CT molecular complexity index is 759. The van der Waals surface area contributed by atoms with Gasteiger partial charge in [-0.1, -0.05) is 13.8 Å². The summed E-state index contributed by atoms with van der Waals surface area (Å²) in [6.07, 6.45) is 0.101. The first-order valence-electron chi connectivity index (χ1n) is 10.5. The second-order valence-electron chi connectivity index (χ2n) is 8.27. The second kappa shape index (κ2) is 10.0. The van der Waals surface area contributed by atoms with E-state index in [-0.39, 0.29) is 36.2 Å². The normalized spacial score (nSPS) is 22.8. The van der Waals surface area contributed by atoms with Crippen molar-refractivity contribution in [2.24, 2.45) is 5.92 Å². The monoisotopic (exact) mass is 417 g/mol. The highest BCUT2D eigenvalue weighted by Gasteiger charge is 2.35. The second-order valence-corrected chi connectivity index (χ2v) is 8.27. The van der Waals surface area contributed by atoms with Crippen LogP contribution in [0.1, 0.15) is 37.6 Å². The maximum Gasteiger partial charge on any atom is 0.251 e. The Balaban J connectivity index is 1.64. The van der Waals surface area contributed by atoms with E-state index < -0.39 is 12.1 Å². The minimum absolute atomic E-state index is 0.00279. The van der Waals surface area contributed by atoms with Crippen molar-refractivity contribution in [2.45, 2.75) is 45.4 Å². The number of ketones is 1. The van der Waals surface area contributed by atoms with Crippen molar-refractivity contribution in [3.05, 3.63) is 29.8 Å². The number of carbonyl (C=O) groups is 3. The number of rotatable bonds is 7. The van der Waals surface area contributed by atoms with Gasteiger partial charge in [-0.15, -0.1) is 0 Å². The SMILES string of the molecule is CC(C)CC(NC(=O)c1ccc(N2CCOCC2)cc1)C(=O)N[C@@H]1C(=O)CO[C@@H]1C. The molecule has 30 heavy (non-hydrogen) atoms.